The molecule has 1 N–H and O–H groups in total. The van der Waals surface area contributed by atoms with Gasteiger partial charge in [-0.2, -0.15) is 0 Å². The molecule has 0 aliphatic heterocycles. The van der Waals surface area contributed by atoms with Crippen molar-refractivity contribution in [2.45, 2.75) is 17.9 Å². The van der Waals surface area contributed by atoms with Gasteiger partial charge in [0.15, 0.2) is 6.10 Å². The lowest BCUT2D eigenvalue weighted by atomic mass is 10.2. The minimum atomic E-state index is -1.33. The van der Waals surface area contributed by atoms with Crippen molar-refractivity contribution in [3.05, 3.63) is 58.6 Å². The number of amides is 1. The molecule has 2 atom stereocenters. The standard InChI is InChI=1S/C17H16BrNO4S/c1-11(16(20)19-13-9-7-12(18)8-10-13)23-17(21)14-5-3-4-6-15(14)24(2)22/h3-11H,1-2H3,(H,19,20)/t11-,24+/m1/s1. The Morgan fingerprint density at radius 3 is 2.38 bits per heavy atom. The Labute approximate surface area is 151 Å². The number of hydrogen-bond acceptors (Lipinski definition) is 4. The number of ether oxygens (including phenoxy) is 1. The number of hydrogen-bond donors (Lipinski definition) is 1. The van der Waals surface area contributed by atoms with Crippen LogP contribution in [0.1, 0.15) is 17.3 Å². The number of rotatable bonds is 5. The van der Waals surface area contributed by atoms with E-state index in [9.17, 15) is 13.8 Å². The van der Waals surface area contributed by atoms with Crippen molar-refractivity contribution in [3.63, 3.8) is 0 Å². The van der Waals surface area contributed by atoms with E-state index in [-0.39, 0.29) is 5.56 Å². The molecule has 2 aromatic carbocycles. The summed E-state index contributed by atoms with van der Waals surface area (Å²) in [5.41, 5.74) is 0.794. The molecule has 0 radical (unpaired) electrons. The van der Waals surface area contributed by atoms with Crippen molar-refractivity contribution in [1.29, 1.82) is 0 Å². The summed E-state index contributed by atoms with van der Waals surface area (Å²) < 4.78 is 17.8. The van der Waals surface area contributed by atoms with Crippen LogP contribution in [-0.2, 0) is 20.3 Å². The lowest BCUT2D eigenvalue weighted by Crippen LogP contribution is -2.30. The van der Waals surface area contributed by atoms with Crippen molar-refractivity contribution < 1.29 is 18.5 Å². The summed E-state index contributed by atoms with van der Waals surface area (Å²) in [6, 6.07) is 13.5. The number of nitrogens with one attached hydrogen (secondary N) is 1. The average Bonchev–Trinajstić information content (AvgIpc) is 2.56. The second kappa shape index (κ2) is 8.21. The second-order valence-electron chi connectivity index (χ2n) is 4.99. The van der Waals surface area contributed by atoms with Gasteiger partial charge in [-0.1, -0.05) is 28.1 Å². The van der Waals surface area contributed by atoms with Gasteiger partial charge >= 0.3 is 5.97 Å². The van der Waals surface area contributed by atoms with E-state index in [2.05, 4.69) is 21.2 Å². The largest absolute Gasteiger partial charge is 0.449 e. The molecule has 0 saturated heterocycles. The smallest absolute Gasteiger partial charge is 0.340 e. The van der Waals surface area contributed by atoms with Crippen molar-refractivity contribution in [2.24, 2.45) is 0 Å². The Balaban J connectivity index is 2.04. The van der Waals surface area contributed by atoms with Crippen LogP contribution in [0.4, 0.5) is 5.69 Å². The van der Waals surface area contributed by atoms with Crippen LogP contribution in [0, 0.1) is 0 Å². The van der Waals surface area contributed by atoms with E-state index in [0.29, 0.717) is 10.6 Å². The van der Waals surface area contributed by atoms with E-state index in [0.717, 1.165) is 4.47 Å². The number of benzene rings is 2. The zero-order valence-corrected chi connectivity index (χ0v) is 15.5. The van der Waals surface area contributed by atoms with Crippen molar-refractivity contribution >= 4 is 44.3 Å². The summed E-state index contributed by atoms with van der Waals surface area (Å²) in [5, 5.41) is 2.67. The van der Waals surface area contributed by atoms with E-state index >= 15 is 0 Å². The predicted octanol–water partition coefficient (Wildman–Crippen LogP) is 3.37. The Morgan fingerprint density at radius 1 is 1.12 bits per heavy atom. The molecule has 0 aliphatic carbocycles. The minimum absolute atomic E-state index is 0.196. The van der Waals surface area contributed by atoms with Gasteiger partial charge < -0.3 is 10.1 Å². The Kier molecular flexibility index (Phi) is 6.28. The third kappa shape index (κ3) is 4.75. The fourth-order valence-corrected chi connectivity index (χ4v) is 2.94. The van der Waals surface area contributed by atoms with Crippen LogP contribution in [0.25, 0.3) is 0 Å². The molecular formula is C17H16BrNO4S. The molecule has 24 heavy (non-hydrogen) atoms. The number of halogens is 1. The van der Waals surface area contributed by atoms with Gasteiger partial charge in [0.2, 0.25) is 0 Å². The summed E-state index contributed by atoms with van der Waals surface area (Å²) in [7, 11) is -1.33. The van der Waals surface area contributed by atoms with Crippen LogP contribution in [0.3, 0.4) is 0 Å². The normalized spacial score (nSPS) is 13.0. The summed E-state index contributed by atoms with van der Waals surface area (Å²) in [4.78, 5) is 24.7. The Hall–Kier alpha value is -1.99. The zero-order valence-electron chi connectivity index (χ0n) is 13.1. The summed E-state index contributed by atoms with van der Waals surface area (Å²) in [6.45, 7) is 1.48. The molecule has 0 aromatic heterocycles. The molecule has 0 aliphatic rings. The second-order valence-corrected chi connectivity index (χ2v) is 7.26. The first kappa shape index (κ1) is 18.4. The predicted molar refractivity (Wildman–Crippen MR) is 96.4 cm³/mol. The van der Waals surface area contributed by atoms with E-state index in [1.807, 2.05) is 0 Å². The molecule has 0 spiro atoms. The number of anilines is 1. The van der Waals surface area contributed by atoms with Crippen molar-refractivity contribution in [2.75, 3.05) is 11.6 Å². The van der Waals surface area contributed by atoms with Gasteiger partial charge in [-0.3, -0.25) is 9.00 Å². The van der Waals surface area contributed by atoms with Gasteiger partial charge in [-0.05, 0) is 43.3 Å². The molecular weight excluding hydrogens is 394 g/mol. The maximum absolute atomic E-state index is 12.2. The fourth-order valence-electron chi connectivity index (χ4n) is 1.94. The minimum Gasteiger partial charge on any atom is -0.449 e. The van der Waals surface area contributed by atoms with E-state index in [1.54, 1.807) is 42.5 Å². The molecule has 7 heteroatoms. The number of esters is 1. The topological polar surface area (TPSA) is 72.5 Å². The highest BCUT2D eigenvalue weighted by molar-refractivity contribution is 9.10. The molecule has 0 bridgehead atoms. The molecule has 1 amide bonds. The fraction of sp³-hybridized carbons (Fsp3) is 0.176. The molecule has 2 aromatic rings. The molecule has 5 nitrogen and oxygen atoms in total. The zero-order chi connectivity index (χ0) is 17.7. The van der Waals surface area contributed by atoms with Crippen LogP contribution in [-0.4, -0.2) is 28.4 Å². The number of carbonyl (C=O) groups excluding carboxylic acids is 2. The molecule has 0 heterocycles. The highest BCUT2D eigenvalue weighted by atomic mass is 79.9. The summed E-state index contributed by atoms with van der Waals surface area (Å²) >= 11 is 3.31. The van der Waals surface area contributed by atoms with E-state index < -0.39 is 28.8 Å². The van der Waals surface area contributed by atoms with Crippen molar-refractivity contribution in [3.8, 4) is 0 Å². The summed E-state index contributed by atoms with van der Waals surface area (Å²) in [6.07, 6.45) is 0.495. The molecule has 2 rings (SSSR count). The van der Waals surface area contributed by atoms with Gasteiger partial charge in [0.1, 0.15) is 0 Å². The first-order valence-corrected chi connectivity index (χ1v) is 9.43. The van der Waals surface area contributed by atoms with Gasteiger partial charge in [0, 0.05) is 16.4 Å². The monoisotopic (exact) mass is 409 g/mol. The van der Waals surface area contributed by atoms with E-state index in [4.69, 9.17) is 4.74 Å². The molecule has 0 saturated carbocycles. The van der Waals surface area contributed by atoms with Crippen LogP contribution in [0.15, 0.2) is 57.9 Å². The summed E-state index contributed by atoms with van der Waals surface area (Å²) in [5.74, 6) is -1.12. The van der Waals surface area contributed by atoms with E-state index in [1.165, 1.54) is 19.2 Å². The molecule has 126 valence electrons. The highest BCUT2D eigenvalue weighted by Crippen LogP contribution is 2.16. The number of carbonyl (C=O) groups is 2. The lowest BCUT2D eigenvalue weighted by molar-refractivity contribution is -0.123. The van der Waals surface area contributed by atoms with Gasteiger partial charge in [-0.25, -0.2) is 4.79 Å². The van der Waals surface area contributed by atoms with Crippen LogP contribution < -0.4 is 5.32 Å². The highest BCUT2D eigenvalue weighted by Gasteiger charge is 2.21. The first-order valence-electron chi connectivity index (χ1n) is 7.08. The molecule has 0 unspecified atom stereocenters. The Bertz CT molecular complexity index is 776. The third-order valence-electron chi connectivity index (χ3n) is 3.18. The third-order valence-corrected chi connectivity index (χ3v) is 4.69. The maximum Gasteiger partial charge on any atom is 0.340 e. The van der Waals surface area contributed by atoms with Gasteiger partial charge in [0.25, 0.3) is 5.91 Å². The lowest BCUT2D eigenvalue weighted by Gasteiger charge is -2.14. The Morgan fingerprint density at radius 2 is 1.75 bits per heavy atom. The first-order chi connectivity index (χ1) is 11.4. The average molecular weight is 410 g/mol. The van der Waals surface area contributed by atoms with Crippen LogP contribution >= 0.6 is 15.9 Å². The quantitative estimate of drug-likeness (QED) is 0.768. The van der Waals surface area contributed by atoms with Crippen molar-refractivity contribution in [1.82, 2.24) is 0 Å². The van der Waals surface area contributed by atoms with Crippen LogP contribution in [0.5, 0.6) is 0 Å². The van der Waals surface area contributed by atoms with Gasteiger partial charge in [-0.15, -0.1) is 0 Å². The molecule has 0 fully saturated rings. The van der Waals surface area contributed by atoms with Gasteiger partial charge in [0.05, 0.1) is 21.3 Å². The maximum atomic E-state index is 12.2. The SMILES string of the molecule is C[C@@H](OC(=O)c1ccccc1[S@](C)=O)C(=O)Nc1ccc(Br)cc1. The van der Waals surface area contributed by atoms with Crippen LogP contribution in [0.2, 0.25) is 0 Å².